The number of benzene rings is 2. The number of nitrogens with zero attached hydrogens (tertiary/aromatic N) is 1. The van der Waals surface area contributed by atoms with E-state index in [1.165, 1.54) is 21.3 Å². The Hall–Kier alpha value is -2.94. The van der Waals surface area contributed by atoms with Gasteiger partial charge < -0.3 is 19.5 Å². The summed E-state index contributed by atoms with van der Waals surface area (Å²) in [5.41, 5.74) is 2.94. The van der Waals surface area contributed by atoms with E-state index >= 15 is 0 Å². The van der Waals surface area contributed by atoms with Crippen molar-refractivity contribution in [2.75, 3.05) is 38.4 Å². The first-order valence-electron chi connectivity index (χ1n) is 9.21. The first-order valence-corrected chi connectivity index (χ1v) is 11.1. The summed E-state index contributed by atoms with van der Waals surface area (Å²) in [5.74, 6) is 0.907. The number of hydrogen-bond acceptors (Lipinski definition) is 6. The quantitative estimate of drug-likeness (QED) is 0.649. The zero-order valence-corrected chi connectivity index (χ0v) is 18.9. The van der Waals surface area contributed by atoms with Crippen molar-refractivity contribution in [2.24, 2.45) is 0 Å². The van der Waals surface area contributed by atoms with Crippen LogP contribution in [0.2, 0.25) is 0 Å². The van der Waals surface area contributed by atoms with E-state index in [4.69, 9.17) is 14.2 Å². The Morgan fingerprint density at radius 2 is 1.57 bits per heavy atom. The summed E-state index contributed by atoms with van der Waals surface area (Å²) in [5, 5.41) is 2.74. The molecule has 9 heteroatoms. The first-order chi connectivity index (χ1) is 14.1. The number of carbonyl (C=O) groups excluding carboxylic acids is 1. The average Bonchev–Trinajstić information content (AvgIpc) is 2.67. The molecule has 0 unspecified atom stereocenters. The van der Waals surface area contributed by atoms with Crippen LogP contribution in [0, 0.1) is 13.8 Å². The van der Waals surface area contributed by atoms with E-state index in [0.29, 0.717) is 28.5 Å². The second-order valence-electron chi connectivity index (χ2n) is 6.89. The number of hydrogen-bond donors (Lipinski definition) is 1. The standard InChI is InChI=1S/C21H28N2O6S/c1-14-9-15(2)11-17(10-14)23(30(6,25)26)13-19(24)22-12-16-7-8-18(27-3)21(29-5)20(16)28-4/h7-11H,12-13H2,1-6H3,(H,22,24). The molecular formula is C21H28N2O6S. The van der Waals surface area contributed by atoms with Gasteiger partial charge in [-0.3, -0.25) is 9.10 Å². The minimum Gasteiger partial charge on any atom is -0.493 e. The van der Waals surface area contributed by atoms with Crippen LogP contribution < -0.4 is 23.8 Å². The number of ether oxygens (including phenoxy) is 3. The molecule has 0 radical (unpaired) electrons. The molecule has 1 N–H and O–H groups in total. The normalized spacial score (nSPS) is 11.0. The predicted octanol–water partition coefficient (Wildman–Crippen LogP) is 2.41. The first kappa shape index (κ1) is 23.3. The van der Waals surface area contributed by atoms with Crippen LogP contribution in [-0.2, 0) is 21.4 Å². The highest BCUT2D eigenvalue weighted by Gasteiger charge is 2.22. The van der Waals surface area contributed by atoms with Crippen molar-refractivity contribution >= 4 is 21.6 Å². The molecular weight excluding hydrogens is 408 g/mol. The maximum absolute atomic E-state index is 12.6. The van der Waals surface area contributed by atoms with Crippen LogP contribution in [0.1, 0.15) is 16.7 Å². The largest absolute Gasteiger partial charge is 0.493 e. The topological polar surface area (TPSA) is 94.2 Å². The maximum atomic E-state index is 12.6. The lowest BCUT2D eigenvalue weighted by molar-refractivity contribution is -0.119. The Bertz CT molecular complexity index is 1000. The Balaban J connectivity index is 2.21. The molecule has 0 aliphatic carbocycles. The van der Waals surface area contributed by atoms with Gasteiger partial charge in [0.15, 0.2) is 11.5 Å². The van der Waals surface area contributed by atoms with Crippen molar-refractivity contribution < 1.29 is 27.4 Å². The molecule has 0 aromatic heterocycles. The van der Waals surface area contributed by atoms with Gasteiger partial charge in [-0.1, -0.05) is 6.07 Å². The maximum Gasteiger partial charge on any atom is 0.241 e. The smallest absolute Gasteiger partial charge is 0.241 e. The van der Waals surface area contributed by atoms with Gasteiger partial charge >= 0.3 is 0 Å². The number of methoxy groups -OCH3 is 3. The van der Waals surface area contributed by atoms with Gasteiger partial charge in [0.05, 0.1) is 33.3 Å². The van der Waals surface area contributed by atoms with Gasteiger partial charge in [0, 0.05) is 12.1 Å². The molecule has 0 aliphatic rings. The van der Waals surface area contributed by atoms with E-state index in [-0.39, 0.29) is 13.1 Å². The molecule has 1 amide bonds. The summed E-state index contributed by atoms with van der Waals surface area (Å²) in [6, 6.07) is 8.87. The Morgan fingerprint density at radius 3 is 2.07 bits per heavy atom. The number of anilines is 1. The lowest BCUT2D eigenvalue weighted by Crippen LogP contribution is -2.40. The number of sulfonamides is 1. The molecule has 0 fully saturated rings. The molecule has 2 aromatic carbocycles. The molecule has 30 heavy (non-hydrogen) atoms. The van der Waals surface area contributed by atoms with Crippen LogP contribution in [0.5, 0.6) is 17.2 Å². The van der Waals surface area contributed by atoms with Crippen molar-refractivity contribution in [3.8, 4) is 17.2 Å². The average molecular weight is 437 g/mol. The summed E-state index contributed by atoms with van der Waals surface area (Å²) in [4.78, 5) is 12.6. The van der Waals surface area contributed by atoms with Gasteiger partial charge in [0.25, 0.3) is 0 Å². The highest BCUT2D eigenvalue weighted by Crippen LogP contribution is 2.39. The molecule has 0 saturated heterocycles. The SMILES string of the molecule is COc1ccc(CNC(=O)CN(c2cc(C)cc(C)c2)S(C)(=O)=O)c(OC)c1OC. The highest BCUT2D eigenvalue weighted by molar-refractivity contribution is 7.92. The van der Waals surface area contributed by atoms with Gasteiger partial charge in [-0.15, -0.1) is 0 Å². The molecule has 2 aromatic rings. The third-order valence-corrected chi connectivity index (χ3v) is 5.58. The van der Waals surface area contributed by atoms with Crippen molar-refractivity contribution in [2.45, 2.75) is 20.4 Å². The van der Waals surface area contributed by atoms with Crippen molar-refractivity contribution in [1.29, 1.82) is 0 Å². The molecule has 0 atom stereocenters. The molecule has 0 aliphatic heterocycles. The second kappa shape index (κ2) is 9.71. The van der Waals surface area contributed by atoms with Gasteiger partial charge in [0.1, 0.15) is 6.54 Å². The van der Waals surface area contributed by atoms with E-state index in [2.05, 4.69) is 5.32 Å². The van der Waals surface area contributed by atoms with Crippen LogP contribution in [0.15, 0.2) is 30.3 Å². The van der Waals surface area contributed by atoms with Crippen LogP contribution in [0.4, 0.5) is 5.69 Å². The van der Waals surface area contributed by atoms with E-state index in [0.717, 1.165) is 21.7 Å². The highest BCUT2D eigenvalue weighted by atomic mass is 32.2. The monoisotopic (exact) mass is 436 g/mol. The molecule has 0 spiro atoms. The zero-order valence-electron chi connectivity index (χ0n) is 18.1. The fourth-order valence-corrected chi connectivity index (χ4v) is 4.02. The Kier molecular flexibility index (Phi) is 7.55. The third kappa shape index (κ3) is 5.56. The lowest BCUT2D eigenvalue weighted by atomic mass is 10.1. The third-order valence-electron chi connectivity index (χ3n) is 4.44. The van der Waals surface area contributed by atoms with E-state index in [1.807, 2.05) is 19.9 Å². The van der Waals surface area contributed by atoms with Crippen LogP contribution >= 0.6 is 0 Å². The Morgan fingerprint density at radius 1 is 0.967 bits per heavy atom. The van der Waals surface area contributed by atoms with Crippen molar-refractivity contribution in [3.05, 3.63) is 47.0 Å². The molecule has 164 valence electrons. The van der Waals surface area contributed by atoms with Crippen LogP contribution in [0.3, 0.4) is 0 Å². The molecule has 2 rings (SSSR count). The summed E-state index contributed by atoms with van der Waals surface area (Å²) in [6.45, 7) is 3.55. The summed E-state index contributed by atoms with van der Waals surface area (Å²) < 4.78 is 41.7. The van der Waals surface area contributed by atoms with Gasteiger partial charge in [0.2, 0.25) is 21.7 Å². The molecule has 0 saturated carbocycles. The fraction of sp³-hybridized carbons (Fsp3) is 0.381. The van der Waals surface area contributed by atoms with Gasteiger partial charge in [-0.25, -0.2) is 8.42 Å². The number of rotatable bonds is 9. The second-order valence-corrected chi connectivity index (χ2v) is 8.79. The number of aryl methyl sites for hydroxylation is 2. The van der Waals surface area contributed by atoms with Gasteiger partial charge in [-0.2, -0.15) is 0 Å². The summed E-state index contributed by atoms with van der Waals surface area (Å²) in [6.07, 6.45) is 1.08. The molecule has 8 nitrogen and oxygen atoms in total. The minimum atomic E-state index is -3.65. The molecule has 0 bridgehead atoms. The number of nitrogens with one attached hydrogen (secondary N) is 1. The van der Waals surface area contributed by atoms with E-state index < -0.39 is 15.9 Å². The summed E-state index contributed by atoms with van der Waals surface area (Å²) >= 11 is 0. The number of amides is 1. The lowest BCUT2D eigenvalue weighted by Gasteiger charge is -2.23. The minimum absolute atomic E-state index is 0.132. The zero-order chi connectivity index (χ0) is 22.5. The van der Waals surface area contributed by atoms with Crippen molar-refractivity contribution in [3.63, 3.8) is 0 Å². The fourth-order valence-electron chi connectivity index (χ4n) is 3.18. The summed E-state index contributed by atoms with van der Waals surface area (Å²) in [7, 11) is 0.859. The number of carbonyl (C=O) groups is 1. The Labute approximate surface area is 177 Å². The van der Waals surface area contributed by atoms with E-state index in [9.17, 15) is 13.2 Å². The van der Waals surface area contributed by atoms with Crippen LogP contribution in [-0.4, -0.2) is 48.5 Å². The van der Waals surface area contributed by atoms with Crippen molar-refractivity contribution in [1.82, 2.24) is 5.32 Å². The predicted molar refractivity (Wildman–Crippen MR) is 116 cm³/mol. The van der Waals surface area contributed by atoms with Gasteiger partial charge in [-0.05, 0) is 49.2 Å². The van der Waals surface area contributed by atoms with Crippen LogP contribution in [0.25, 0.3) is 0 Å². The van der Waals surface area contributed by atoms with E-state index in [1.54, 1.807) is 24.3 Å². The molecule has 0 heterocycles.